The molecule has 0 radical (unpaired) electrons. The van der Waals surface area contributed by atoms with Crippen LogP contribution in [0.15, 0.2) is 18.2 Å². The van der Waals surface area contributed by atoms with Crippen LogP contribution >= 0.6 is 22.6 Å². The second-order valence-electron chi connectivity index (χ2n) is 6.50. The zero-order valence-electron chi connectivity index (χ0n) is 12.3. The van der Waals surface area contributed by atoms with Gasteiger partial charge in [0, 0.05) is 21.7 Å². The lowest BCUT2D eigenvalue weighted by Crippen LogP contribution is -2.50. The highest BCUT2D eigenvalue weighted by atomic mass is 127. The molecular weight excluding hydrogens is 375 g/mol. The third-order valence-electron chi connectivity index (χ3n) is 5.36. The van der Waals surface area contributed by atoms with Crippen LogP contribution in [0.3, 0.4) is 0 Å². The summed E-state index contributed by atoms with van der Waals surface area (Å²) < 4.78 is 3.51. The first-order valence-corrected chi connectivity index (χ1v) is 8.86. The molecule has 2 N–H and O–H groups in total. The van der Waals surface area contributed by atoms with Crippen molar-refractivity contribution in [3.05, 3.63) is 21.8 Å². The maximum atomic E-state index is 6.26. The van der Waals surface area contributed by atoms with Crippen LogP contribution in [0.5, 0.6) is 0 Å². The van der Waals surface area contributed by atoms with Crippen molar-refractivity contribution >= 4 is 39.6 Å². The third-order valence-corrected chi connectivity index (χ3v) is 6.03. The van der Waals surface area contributed by atoms with E-state index in [0.717, 1.165) is 5.52 Å². The number of fused-ring (bicyclic) bond motifs is 3. The van der Waals surface area contributed by atoms with Crippen LogP contribution in [0.1, 0.15) is 38.1 Å². The van der Waals surface area contributed by atoms with E-state index in [2.05, 4.69) is 62.3 Å². The van der Waals surface area contributed by atoms with Crippen molar-refractivity contribution < 1.29 is 0 Å². The molecule has 1 aromatic carbocycles. The second kappa shape index (κ2) is 5.12. The molecule has 2 unspecified atom stereocenters. The highest BCUT2D eigenvalue weighted by Crippen LogP contribution is 2.40. The Morgan fingerprint density at radius 1 is 1.19 bits per heavy atom. The average Bonchev–Trinajstić information content (AvgIpc) is 2.73. The Labute approximate surface area is 138 Å². The third kappa shape index (κ3) is 2.25. The fraction of sp³-hybridized carbons (Fsp3) is 0.562. The number of imidazole rings is 1. The van der Waals surface area contributed by atoms with Crippen molar-refractivity contribution in [1.29, 1.82) is 0 Å². The minimum atomic E-state index is 0.501. The van der Waals surface area contributed by atoms with E-state index in [1.165, 1.54) is 41.2 Å². The number of rotatable bonds is 1. The van der Waals surface area contributed by atoms with Gasteiger partial charge in [-0.1, -0.05) is 6.42 Å². The number of hydrogen-bond donors (Lipinski definition) is 1. The van der Waals surface area contributed by atoms with Gasteiger partial charge in [0.2, 0.25) is 5.95 Å². The van der Waals surface area contributed by atoms with Gasteiger partial charge in [-0.25, -0.2) is 4.98 Å². The van der Waals surface area contributed by atoms with Gasteiger partial charge in [0.05, 0.1) is 11.0 Å². The predicted molar refractivity (Wildman–Crippen MR) is 94.3 cm³/mol. The first kappa shape index (κ1) is 13.8. The Hall–Kier alpha value is -0.820. The Morgan fingerprint density at radius 3 is 2.62 bits per heavy atom. The summed E-state index contributed by atoms with van der Waals surface area (Å²) in [6.07, 6.45) is 6.44. The molecule has 4 nitrogen and oxygen atoms in total. The summed E-state index contributed by atoms with van der Waals surface area (Å²) in [7, 11) is 2.29. The van der Waals surface area contributed by atoms with E-state index >= 15 is 0 Å². The van der Waals surface area contributed by atoms with Crippen molar-refractivity contribution in [2.75, 3.05) is 12.8 Å². The van der Waals surface area contributed by atoms with Gasteiger partial charge in [0.15, 0.2) is 0 Å². The summed E-state index contributed by atoms with van der Waals surface area (Å²) in [4.78, 5) is 7.18. The molecular formula is C16H21IN4. The van der Waals surface area contributed by atoms with E-state index < -0.39 is 0 Å². The van der Waals surface area contributed by atoms with Crippen LogP contribution in [-0.4, -0.2) is 33.6 Å². The fourth-order valence-electron chi connectivity index (χ4n) is 4.27. The molecule has 0 amide bonds. The van der Waals surface area contributed by atoms with E-state index in [4.69, 9.17) is 5.73 Å². The summed E-state index contributed by atoms with van der Waals surface area (Å²) in [5.41, 5.74) is 8.48. The van der Waals surface area contributed by atoms with Gasteiger partial charge >= 0.3 is 0 Å². The minimum Gasteiger partial charge on any atom is -0.369 e. The van der Waals surface area contributed by atoms with Crippen molar-refractivity contribution in [3.8, 4) is 0 Å². The molecule has 2 aliphatic heterocycles. The summed E-state index contributed by atoms with van der Waals surface area (Å²) in [6, 6.07) is 8.37. The number of piperidine rings is 2. The molecule has 2 fully saturated rings. The lowest BCUT2D eigenvalue weighted by atomic mass is 9.82. The van der Waals surface area contributed by atoms with Crippen LogP contribution in [0, 0.1) is 3.57 Å². The van der Waals surface area contributed by atoms with E-state index in [1.54, 1.807) is 0 Å². The van der Waals surface area contributed by atoms with Gasteiger partial charge in [-0.3, -0.25) is 0 Å². The first-order valence-electron chi connectivity index (χ1n) is 7.78. The fourth-order valence-corrected chi connectivity index (χ4v) is 4.75. The van der Waals surface area contributed by atoms with Crippen molar-refractivity contribution in [1.82, 2.24) is 14.5 Å². The zero-order valence-corrected chi connectivity index (χ0v) is 14.5. The molecule has 112 valence electrons. The normalized spacial score (nSPS) is 29.9. The van der Waals surface area contributed by atoms with Crippen molar-refractivity contribution in [2.24, 2.45) is 0 Å². The Bertz CT molecular complexity index is 666. The van der Waals surface area contributed by atoms with E-state index in [1.807, 2.05) is 0 Å². The molecule has 2 aliphatic rings. The second-order valence-corrected chi connectivity index (χ2v) is 7.75. The minimum absolute atomic E-state index is 0.501. The number of anilines is 1. The number of halogens is 1. The first-order chi connectivity index (χ1) is 10.1. The molecule has 2 saturated heterocycles. The van der Waals surface area contributed by atoms with Gasteiger partial charge in [-0.2, -0.15) is 0 Å². The maximum absolute atomic E-state index is 6.26. The van der Waals surface area contributed by atoms with E-state index in [0.29, 0.717) is 24.1 Å². The molecule has 2 bridgehead atoms. The van der Waals surface area contributed by atoms with Crippen LogP contribution in [0.2, 0.25) is 0 Å². The van der Waals surface area contributed by atoms with Gasteiger partial charge < -0.3 is 15.2 Å². The monoisotopic (exact) mass is 396 g/mol. The van der Waals surface area contributed by atoms with Crippen LogP contribution < -0.4 is 5.73 Å². The number of nitrogen functional groups attached to an aromatic ring is 1. The number of nitrogens with two attached hydrogens (primary N) is 1. The predicted octanol–water partition coefficient (Wildman–Crippen LogP) is 3.41. The average molecular weight is 396 g/mol. The molecule has 3 heterocycles. The molecule has 5 heteroatoms. The summed E-state index contributed by atoms with van der Waals surface area (Å²) in [5, 5.41) is 0. The van der Waals surface area contributed by atoms with E-state index in [-0.39, 0.29) is 0 Å². The maximum Gasteiger partial charge on any atom is 0.201 e. The molecule has 0 saturated carbocycles. The SMILES string of the molecule is CN1C2CCCC1CC(n1c(N)nc3cc(I)ccc31)C2. The van der Waals surface area contributed by atoms with Gasteiger partial charge in [0.1, 0.15) is 0 Å². The Kier molecular flexibility index (Phi) is 3.37. The van der Waals surface area contributed by atoms with Crippen LogP contribution in [0.4, 0.5) is 5.95 Å². The van der Waals surface area contributed by atoms with Crippen molar-refractivity contribution in [3.63, 3.8) is 0 Å². The topological polar surface area (TPSA) is 47.1 Å². The smallest absolute Gasteiger partial charge is 0.201 e. The van der Waals surface area contributed by atoms with E-state index in [9.17, 15) is 0 Å². The largest absolute Gasteiger partial charge is 0.369 e. The Morgan fingerprint density at radius 2 is 1.90 bits per heavy atom. The number of aromatic nitrogens is 2. The van der Waals surface area contributed by atoms with Crippen molar-refractivity contribution in [2.45, 2.75) is 50.2 Å². The summed E-state index contributed by atoms with van der Waals surface area (Å²) >= 11 is 2.33. The highest BCUT2D eigenvalue weighted by molar-refractivity contribution is 14.1. The highest BCUT2D eigenvalue weighted by Gasteiger charge is 2.37. The van der Waals surface area contributed by atoms with Gasteiger partial charge in [-0.15, -0.1) is 0 Å². The quantitative estimate of drug-likeness (QED) is 0.752. The molecule has 2 atom stereocenters. The Balaban J connectivity index is 1.75. The molecule has 4 rings (SSSR count). The van der Waals surface area contributed by atoms with Crippen LogP contribution in [-0.2, 0) is 0 Å². The molecule has 1 aromatic heterocycles. The molecule has 2 aromatic rings. The van der Waals surface area contributed by atoms with Gasteiger partial charge in [-0.05, 0) is 73.5 Å². The summed E-state index contributed by atoms with van der Waals surface area (Å²) in [5.74, 6) is 0.680. The number of benzene rings is 1. The van der Waals surface area contributed by atoms with Gasteiger partial charge in [0.25, 0.3) is 0 Å². The standard InChI is InChI=1S/C16H21IN4/c1-20-11-3-2-4-12(20)9-13(8-11)21-15-6-5-10(17)7-14(15)19-16(21)18/h5-7,11-13H,2-4,8-9H2,1H3,(H2,18,19). The lowest BCUT2D eigenvalue weighted by molar-refractivity contribution is 0.0415. The molecule has 0 aliphatic carbocycles. The van der Waals surface area contributed by atoms with Crippen LogP contribution in [0.25, 0.3) is 11.0 Å². The summed E-state index contributed by atoms with van der Waals surface area (Å²) in [6.45, 7) is 0. The number of nitrogens with zero attached hydrogens (tertiary/aromatic N) is 3. The lowest BCUT2D eigenvalue weighted by Gasteiger charge is -2.47. The molecule has 0 spiro atoms. The zero-order chi connectivity index (χ0) is 14.6. The molecule has 21 heavy (non-hydrogen) atoms. The number of hydrogen-bond acceptors (Lipinski definition) is 3.